The molecule has 1 amide bonds. The monoisotopic (exact) mass is 442 g/mol. The van der Waals surface area contributed by atoms with Gasteiger partial charge in [-0.2, -0.15) is 0 Å². The van der Waals surface area contributed by atoms with Crippen molar-refractivity contribution in [3.63, 3.8) is 0 Å². The highest BCUT2D eigenvalue weighted by atomic mass is 32.1. The van der Waals surface area contributed by atoms with Crippen LogP contribution < -0.4 is 16.2 Å². The number of hydrogen-bond acceptors (Lipinski definition) is 8. The van der Waals surface area contributed by atoms with Crippen molar-refractivity contribution in [2.24, 2.45) is 5.92 Å². The number of aromatic nitrogens is 1. The number of thiazole rings is 1. The maximum absolute atomic E-state index is 12.9. The van der Waals surface area contributed by atoms with E-state index in [1.54, 1.807) is 0 Å². The van der Waals surface area contributed by atoms with Crippen LogP contribution in [0.4, 0.5) is 5.13 Å². The molecule has 5 rings (SSSR count). The fraction of sp³-hybridized carbons (Fsp3) is 0.524. The Morgan fingerprint density at radius 2 is 2.13 bits per heavy atom. The summed E-state index contributed by atoms with van der Waals surface area (Å²) in [5.41, 5.74) is 8.57. The molecule has 0 bridgehead atoms. The molecule has 3 aliphatic rings. The van der Waals surface area contributed by atoms with E-state index in [4.69, 9.17) is 0 Å². The highest BCUT2D eigenvalue weighted by Crippen LogP contribution is 2.33. The van der Waals surface area contributed by atoms with Gasteiger partial charge in [0.1, 0.15) is 6.04 Å². The van der Waals surface area contributed by atoms with Crippen molar-refractivity contribution in [3.05, 3.63) is 56.6 Å². The molecule has 2 aromatic rings. The second-order valence-corrected chi connectivity index (χ2v) is 9.70. The van der Waals surface area contributed by atoms with Crippen LogP contribution in [-0.2, 0) is 24.3 Å². The van der Waals surface area contributed by atoms with E-state index in [9.17, 15) is 14.9 Å². The van der Waals surface area contributed by atoms with Crippen LogP contribution >= 0.6 is 11.3 Å². The number of amides is 1. The fourth-order valence-electron chi connectivity index (χ4n) is 4.95. The van der Waals surface area contributed by atoms with Gasteiger partial charge in [0.2, 0.25) is 11.9 Å². The summed E-state index contributed by atoms with van der Waals surface area (Å²) < 4.78 is 0. The Labute approximate surface area is 184 Å². The van der Waals surface area contributed by atoms with Crippen molar-refractivity contribution < 1.29 is 9.72 Å². The number of hydrogen-bond donors (Lipinski definition) is 3. The lowest BCUT2D eigenvalue weighted by Gasteiger charge is -2.28. The standard InChI is InChI=1S/C21H26N6O3S/c28-20(19-15-10-14(27(29)30)6-7-16(15)24-25-19)23-21-22-17-8-9-26(12-18(17)31-21)11-13-4-2-1-3-5-13/h1-5,14-16,19,24-25H,6-12H2,(H,22,23,28). The Balaban J connectivity index is 1.22. The molecule has 1 saturated heterocycles. The molecule has 1 aromatic carbocycles. The van der Waals surface area contributed by atoms with E-state index in [1.165, 1.54) is 21.8 Å². The lowest BCUT2D eigenvalue weighted by atomic mass is 9.79. The van der Waals surface area contributed by atoms with Gasteiger partial charge in [-0.3, -0.25) is 25.2 Å². The van der Waals surface area contributed by atoms with E-state index in [-0.39, 0.29) is 22.8 Å². The first-order valence-electron chi connectivity index (χ1n) is 10.8. The Morgan fingerprint density at radius 1 is 1.29 bits per heavy atom. The van der Waals surface area contributed by atoms with Crippen LogP contribution in [0.2, 0.25) is 0 Å². The minimum absolute atomic E-state index is 0.0832. The zero-order chi connectivity index (χ0) is 21.4. The number of rotatable bonds is 5. The van der Waals surface area contributed by atoms with Gasteiger partial charge < -0.3 is 5.32 Å². The molecule has 31 heavy (non-hydrogen) atoms. The zero-order valence-electron chi connectivity index (χ0n) is 17.1. The van der Waals surface area contributed by atoms with Crippen molar-refractivity contribution in [1.82, 2.24) is 20.7 Å². The predicted molar refractivity (Wildman–Crippen MR) is 117 cm³/mol. The van der Waals surface area contributed by atoms with E-state index in [2.05, 4.69) is 50.3 Å². The fourth-order valence-corrected chi connectivity index (χ4v) is 6.00. The first kappa shape index (κ1) is 20.5. The molecular weight excluding hydrogens is 416 g/mol. The highest BCUT2D eigenvalue weighted by molar-refractivity contribution is 7.15. The first-order valence-corrected chi connectivity index (χ1v) is 11.6. The molecule has 3 heterocycles. The van der Waals surface area contributed by atoms with E-state index in [0.717, 1.165) is 31.7 Å². The van der Waals surface area contributed by atoms with Crippen molar-refractivity contribution in [2.45, 2.75) is 56.9 Å². The van der Waals surface area contributed by atoms with E-state index < -0.39 is 12.1 Å². The van der Waals surface area contributed by atoms with Gasteiger partial charge in [-0.15, -0.1) is 11.3 Å². The van der Waals surface area contributed by atoms with Gasteiger partial charge in [0.05, 0.1) is 5.69 Å². The second kappa shape index (κ2) is 8.62. The van der Waals surface area contributed by atoms with Crippen LogP contribution in [0.15, 0.2) is 30.3 Å². The molecule has 1 saturated carbocycles. The number of nitrogens with zero attached hydrogens (tertiary/aromatic N) is 3. The lowest BCUT2D eigenvalue weighted by Crippen LogP contribution is -2.44. The third kappa shape index (κ3) is 4.33. The van der Waals surface area contributed by atoms with Crippen LogP contribution in [0.1, 0.15) is 35.4 Å². The molecule has 1 aromatic heterocycles. The summed E-state index contributed by atoms with van der Waals surface area (Å²) in [5, 5.41) is 14.8. The van der Waals surface area contributed by atoms with Crippen LogP contribution in [0.25, 0.3) is 0 Å². The summed E-state index contributed by atoms with van der Waals surface area (Å²) in [6.07, 6.45) is 2.54. The second-order valence-electron chi connectivity index (χ2n) is 8.61. The van der Waals surface area contributed by atoms with Gasteiger partial charge in [-0.25, -0.2) is 10.4 Å². The van der Waals surface area contributed by atoms with Crippen LogP contribution in [0, 0.1) is 16.0 Å². The van der Waals surface area contributed by atoms with Crippen LogP contribution in [0.5, 0.6) is 0 Å². The number of carbonyl (C=O) groups is 1. The van der Waals surface area contributed by atoms with Gasteiger partial charge >= 0.3 is 0 Å². The largest absolute Gasteiger partial charge is 0.301 e. The quantitative estimate of drug-likeness (QED) is 0.479. The summed E-state index contributed by atoms with van der Waals surface area (Å²) in [5.74, 6) is -0.253. The predicted octanol–water partition coefficient (Wildman–Crippen LogP) is 1.93. The number of hydrazine groups is 1. The van der Waals surface area contributed by atoms with E-state index >= 15 is 0 Å². The number of benzene rings is 1. The summed E-state index contributed by atoms with van der Waals surface area (Å²) in [7, 11) is 0. The summed E-state index contributed by atoms with van der Waals surface area (Å²) >= 11 is 1.53. The van der Waals surface area contributed by atoms with Gasteiger partial charge in [0.15, 0.2) is 5.13 Å². The molecule has 0 spiro atoms. The number of nitro groups is 1. The SMILES string of the molecule is O=C(Nc1nc2c(s1)CN(Cc1ccccc1)CC2)C1NNC2CCC([N+](=O)[O-])CC21. The molecule has 3 N–H and O–H groups in total. The average Bonchev–Trinajstić information content (AvgIpc) is 3.37. The Hall–Kier alpha value is -2.40. The molecule has 0 radical (unpaired) electrons. The summed E-state index contributed by atoms with van der Waals surface area (Å²) in [6.45, 7) is 2.67. The third-order valence-corrected chi connectivity index (χ3v) is 7.59. The van der Waals surface area contributed by atoms with Gasteiger partial charge in [0.25, 0.3) is 0 Å². The molecular formula is C21H26N6O3S. The number of fused-ring (bicyclic) bond motifs is 2. The molecule has 1 aliphatic carbocycles. The smallest absolute Gasteiger partial charge is 0.244 e. The molecule has 2 fully saturated rings. The van der Waals surface area contributed by atoms with Crippen molar-refractivity contribution in [3.8, 4) is 0 Å². The van der Waals surface area contributed by atoms with Crippen molar-refractivity contribution in [1.29, 1.82) is 0 Å². The van der Waals surface area contributed by atoms with Crippen molar-refractivity contribution >= 4 is 22.4 Å². The zero-order valence-corrected chi connectivity index (χ0v) is 17.9. The molecule has 9 nitrogen and oxygen atoms in total. The first-order chi connectivity index (χ1) is 15.1. The summed E-state index contributed by atoms with van der Waals surface area (Å²) in [4.78, 5) is 32.2. The highest BCUT2D eigenvalue weighted by Gasteiger charge is 2.46. The third-order valence-electron chi connectivity index (χ3n) is 6.59. The Morgan fingerprint density at radius 3 is 2.94 bits per heavy atom. The van der Waals surface area contributed by atoms with Gasteiger partial charge in [-0.1, -0.05) is 30.3 Å². The molecule has 10 heteroatoms. The average molecular weight is 443 g/mol. The van der Waals surface area contributed by atoms with E-state index in [1.807, 2.05) is 6.07 Å². The number of anilines is 1. The maximum atomic E-state index is 12.9. The Bertz CT molecular complexity index is 967. The molecule has 2 aliphatic heterocycles. The normalized spacial score (nSPS) is 28.0. The molecule has 164 valence electrons. The van der Waals surface area contributed by atoms with Crippen molar-refractivity contribution in [2.75, 3.05) is 11.9 Å². The lowest BCUT2D eigenvalue weighted by molar-refractivity contribution is -0.528. The Kier molecular flexibility index (Phi) is 5.70. The molecule has 4 unspecified atom stereocenters. The number of nitrogens with one attached hydrogen (secondary N) is 3. The number of carbonyl (C=O) groups excluding carboxylic acids is 1. The maximum Gasteiger partial charge on any atom is 0.244 e. The van der Waals surface area contributed by atoms with Crippen LogP contribution in [-0.4, -0.2) is 45.4 Å². The van der Waals surface area contributed by atoms with Gasteiger partial charge in [-0.05, 0) is 12.0 Å². The van der Waals surface area contributed by atoms with Gasteiger partial charge in [0, 0.05) is 60.7 Å². The van der Waals surface area contributed by atoms with Crippen LogP contribution in [0.3, 0.4) is 0 Å². The molecule has 4 atom stereocenters. The topological polar surface area (TPSA) is 112 Å². The minimum Gasteiger partial charge on any atom is -0.301 e. The minimum atomic E-state index is -0.568. The van der Waals surface area contributed by atoms with E-state index in [0.29, 0.717) is 24.4 Å². The summed E-state index contributed by atoms with van der Waals surface area (Å²) in [6, 6.07) is 9.46.